The lowest BCUT2D eigenvalue weighted by Crippen LogP contribution is -2.25. The summed E-state index contributed by atoms with van der Waals surface area (Å²) in [5, 5.41) is 4.74. The fourth-order valence-corrected chi connectivity index (χ4v) is 6.88. The van der Waals surface area contributed by atoms with Crippen LogP contribution >= 0.6 is 11.8 Å². The van der Waals surface area contributed by atoms with Crippen LogP contribution in [0.25, 0.3) is 22.4 Å². The van der Waals surface area contributed by atoms with Crippen molar-refractivity contribution in [2.75, 3.05) is 25.1 Å². The third-order valence-corrected chi connectivity index (χ3v) is 9.90. The lowest BCUT2D eigenvalue weighted by molar-refractivity contribution is -0.123. The van der Waals surface area contributed by atoms with E-state index in [9.17, 15) is 19.2 Å². The SMILES string of the molecule is CN(CCOc1ccc(CC2SC(=O)NC2=O)cc1)c1ccccn1.Cc1oc(-c2ccccc2)nc1Cc1cc2cc(CC3OC(=O)NC3=O)ccc2o1. The molecule has 2 aliphatic rings. The van der Waals surface area contributed by atoms with Crippen LogP contribution in [0.5, 0.6) is 5.75 Å². The molecule has 2 saturated heterocycles. The minimum atomic E-state index is -0.796. The zero-order valence-electron chi connectivity index (χ0n) is 30.0. The number of cyclic esters (lactones) is 1. The van der Waals surface area contributed by atoms with Crippen molar-refractivity contribution in [3.63, 3.8) is 0 Å². The molecule has 55 heavy (non-hydrogen) atoms. The highest BCUT2D eigenvalue weighted by Crippen LogP contribution is 2.28. The number of nitrogens with one attached hydrogen (secondary N) is 2. The molecule has 2 unspecified atom stereocenters. The quantitative estimate of drug-likeness (QED) is 0.137. The highest BCUT2D eigenvalue weighted by Gasteiger charge is 2.32. The second kappa shape index (κ2) is 16.7. The van der Waals surface area contributed by atoms with Crippen LogP contribution in [0.2, 0.25) is 0 Å². The molecule has 2 N–H and O–H groups in total. The molecule has 4 amide bonds. The number of carbonyl (C=O) groups excluding carboxylic acids is 4. The van der Waals surface area contributed by atoms with E-state index in [2.05, 4.69) is 20.6 Å². The summed E-state index contributed by atoms with van der Waals surface area (Å²) in [6.45, 7) is 3.16. The van der Waals surface area contributed by atoms with Crippen LogP contribution in [-0.4, -0.2) is 64.7 Å². The fourth-order valence-electron chi connectivity index (χ4n) is 6.02. The van der Waals surface area contributed by atoms with Crippen LogP contribution in [0.1, 0.15) is 28.3 Å². The normalized spacial score (nSPS) is 16.3. The summed E-state index contributed by atoms with van der Waals surface area (Å²) >= 11 is 1.05. The van der Waals surface area contributed by atoms with Crippen molar-refractivity contribution in [1.29, 1.82) is 0 Å². The number of imide groups is 2. The van der Waals surface area contributed by atoms with Crippen LogP contribution in [0, 0.1) is 6.92 Å². The van der Waals surface area contributed by atoms with Gasteiger partial charge in [-0.15, -0.1) is 0 Å². The van der Waals surface area contributed by atoms with Gasteiger partial charge in [0.2, 0.25) is 11.8 Å². The summed E-state index contributed by atoms with van der Waals surface area (Å²) in [6.07, 6.45) is 1.63. The van der Waals surface area contributed by atoms with Gasteiger partial charge in [-0.25, -0.2) is 14.8 Å². The van der Waals surface area contributed by atoms with E-state index in [-0.39, 0.29) is 16.4 Å². The number of alkyl carbamates (subject to hydrolysis) is 1. The number of thioether (sulfide) groups is 1. The number of likely N-dealkylation sites (N-methyl/N-ethyl adjacent to an activating group) is 1. The van der Waals surface area contributed by atoms with Crippen LogP contribution in [0.4, 0.5) is 15.4 Å². The first-order valence-corrected chi connectivity index (χ1v) is 18.4. The Labute approximate surface area is 320 Å². The summed E-state index contributed by atoms with van der Waals surface area (Å²) in [5.41, 5.74) is 4.38. The van der Waals surface area contributed by atoms with Crippen LogP contribution < -0.4 is 20.3 Å². The van der Waals surface area contributed by atoms with Gasteiger partial charge in [-0.1, -0.05) is 54.2 Å². The highest BCUT2D eigenvalue weighted by atomic mass is 32.2. The van der Waals surface area contributed by atoms with E-state index in [1.807, 2.05) is 116 Å². The van der Waals surface area contributed by atoms with E-state index in [0.29, 0.717) is 31.8 Å². The Kier molecular flexibility index (Phi) is 11.2. The third kappa shape index (κ3) is 9.40. The number of fused-ring (bicyclic) bond motifs is 1. The molecule has 2 fully saturated rings. The van der Waals surface area contributed by atoms with Gasteiger partial charge in [-0.2, -0.15) is 0 Å². The second-order valence-corrected chi connectivity index (χ2v) is 14.1. The van der Waals surface area contributed by atoms with Crippen molar-refractivity contribution in [2.45, 2.75) is 37.5 Å². The van der Waals surface area contributed by atoms with E-state index in [4.69, 9.17) is 18.3 Å². The molecule has 0 bridgehead atoms. The first-order chi connectivity index (χ1) is 26.7. The Balaban J connectivity index is 0.000000172. The van der Waals surface area contributed by atoms with Gasteiger partial charge in [-0.3, -0.25) is 25.0 Å². The maximum atomic E-state index is 11.7. The summed E-state index contributed by atoms with van der Waals surface area (Å²) in [7, 11) is 1.97. The van der Waals surface area contributed by atoms with Crippen LogP contribution in [-0.2, 0) is 33.6 Å². The topological polar surface area (TPSA) is 166 Å². The second-order valence-electron chi connectivity index (χ2n) is 12.9. The number of aryl methyl sites for hydroxylation is 1. The largest absolute Gasteiger partial charge is 0.492 e. The Morgan fingerprint density at radius 1 is 0.836 bits per heavy atom. The number of oxazole rings is 1. The maximum Gasteiger partial charge on any atom is 0.414 e. The number of benzene rings is 3. The van der Waals surface area contributed by atoms with Crippen molar-refractivity contribution in [2.24, 2.45) is 0 Å². The number of aromatic nitrogens is 2. The monoisotopic (exact) mass is 759 g/mol. The van der Waals surface area contributed by atoms with E-state index >= 15 is 0 Å². The Morgan fingerprint density at radius 3 is 2.33 bits per heavy atom. The molecule has 2 atom stereocenters. The number of anilines is 1. The number of rotatable bonds is 12. The first-order valence-electron chi connectivity index (χ1n) is 17.6. The van der Waals surface area contributed by atoms with E-state index in [1.54, 1.807) is 6.20 Å². The number of carbonyl (C=O) groups is 4. The standard InChI is InChI=1S/C23H18N2O5.C18H19N3O3S/c1-13-18(24-22(28-13)15-5-3-2-4-6-15)12-17-11-16-9-14(7-8-19(16)29-17)10-20-21(26)25-23(27)30-20;1-21(16-4-2-3-9-19-16)10-11-24-14-7-5-13(6-8-14)12-15-17(22)20-18(23)25-15/h2-9,11,20H,10,12H2,1H3,(H,25,26,27);2-9,15H,10-12H2,1H3,(H,20,22,23). The van der Waals surface area contributed by atoms with Gasteiger partial charge in [0.1, 0.15) is 35.3 Å². The summed E-state index contributed by atoms with van der Waals surface area (Å²) < 4.78 is 22.5. The molecule has 14 heteroatoms. The number of nitrogens with zero attached hydrogens (tertiary/aromatic N) is 3. The molecule has 0 radical (unpaired) electrons. The van der Waals surface area contributed by atoms with Crippen molar-refractivity contribution < 1.29 is 37.5 Å². The lowest BCUT2D eigenvalue weighted by atomic mass is 10.1. The number of hydrogen-bond acceptors (Lipinski definition) is 12. The Morgan fingerprint density at radius 2 is 1.62 bits per heavy atom. The van der Waals surface area contributed by atoms with Crippen molar-refractivity contribution in [3.05, 3.63) is 132 Å². The molecule has 280 valence electrons. The average Bonchev–Trinajstić information content (AvgIpc) is 3.94. The average molecular weight is 760 g/mol. The molecular weight excluding hydrogens is 723 g/mol. The Hall–Kier alpha value is -6.41. The van der Waals surface area contributed by atoms with Gasteiger partial charge >= 0.3 is 6.09 Å². The maximum absolute atomic E-state index is 11.7. The number of hydrogen-bond donors (Lipinski definition) is 2. The van der Waals surface area contributed by atoms with Crippen molar-refractivity contribution in [3.8, 4) is 17.2 Å². The zero-order chi connectivity index (χ0) is 38.3. The minimum Gasteiger partial charge on any atom is -0.492 e. The molecule has 3 aromatic carbocycles. The number of ether oxygens (including phenoxy) is 2. The molecule has 0 saturated carbocycles. The van der Waals surface area contributed by atoms with Gasteiger partial charge in [-0.05, 0) is 79.1 Å². The Bertz CT molecular complexity index is 2310. The smallest absolute Gasteiger partial charge is 0.414 e. The van der Waals surface area contributed by atoms with E-state index < -0.39 is 18.1 Å². The van der Waals surface area contributed by atoms with Crippen molar-refractivity contribution >= 4 is 51.7 Å². The van der Waals surface area contributed by atoms with Gasteiger partial charge < -0.3 is 23.2 Å². The first kappa shape index (κ1) is 36.9. The van der Waals surface area contributed by atoms with E-state index in [1.165, 1.54) is 0 Å². The van der Waals surface area contributed by atoms with Gasteiger partial charge in [0, 0.05) is 30.6 Å². The minimum absolute atomic E-state index is 0.215. The van der Waals surface area contributed by atoms with Crippen LogP contribution in [0.15, 0.2) is 112 Å². The van der Waals surface area contributed by atoms with Gasteiger partial charge in [0.25, 0.3) is 11.1 Å². The molecule has 8 rings (SSSR count). The number of furan rings is 1. The third-order valence-electron chi connectivity index (χ3n) is 8.92. The molecule has 2 aliphatic heterocycles. The molecule has 3 aromatic heterocycles. The zero-order valence-corrected chi connectivity index (χ0v) is 30.8. The van der Waals surface area contributed by atoms with Crippen molar-refractivity contribution in [1.82, 2.24) is 20.6 Å². The predicted octanol–water partition coefficient (Wildman–Crippen LogP) is 6.66. The molecule has 13 nitrogen and oxygen atoms in total. The lowest BCUT2D eigenvalue weighted by Gasteiger charge is -2.18. The van der Waals surface area contributed by atoms with E-state index in [0.717, 1.165) is 74.7 Å². The molecule has 5 heterocycles. The summed E-state index contributed by atoms with van der Waals surface area (Å²) in [4.78, 5) is 56.6. The molecular formula is C41H37N5O8S. The summed E-state index contributed by atoms with van der Waals surface area (Å²) in [6, 6.07) is 30.8. The highest BCUT2D eigenvalue weighted by molar-refractivity contribution is 8.15. The van der Waals surface area contributed by atoms with Crippen LogP contribution in [0.3, 0.4) is 0 Å². The number of pyridine rings is 1. The predicted molar refractivity (Wildman–Crippen MR) is 206 cm³/mol. The van der Waals surface area contributed by atoms with Gasteiger partial charge in [0.15, 0.2) is 6.10 Å². The molecule has 6 aromatic rings. The van der Waals surface area contributed by atoms with Gasteiger partial charge in [0.05, 0.1) is 23.9 Å². The fraction of sp³-hybridized carbons (Fsp3) is 0.220. The molecule has 0 aliphatic carbocycles. The number of amides is 4. The molecule has 0 spiro atoms. The summed E-state index contributed by atoms with van der Waals surface area (Å²) in [5.74, 6) is 3.16.